The summed E-state index contributed by atoms with van der Waals surface area (Å²) >= 11 is 5.94. The van der Waals surface area contributed by atoms with Gasteiger partial charge in [-0.2, -0.15) is 0 Å². The predicted molar refractivity (Wildman–Crippen MR) is 70.4 cm³/mol. The Kier molecular flexibility index (Phi) is 4.25. The van der Waals surface area contributed by atoms with Crippen LogP contribution in [0.4, 0.5) is 5.69 Å². The largest absolute Gasteiger partial charge is 0.369 e. The number of hydrogen-bond acceptors (Lipinski definition) is 4. The minimum Gasteiger partial charge on any atom is -0.369 e. The molecular formula is C11H15ClN2O2S. The third-order valence-corrected chi connectivity index (χ3v) is 3.73. The van der Waals surface area contributed by atoms with Gasteiger partial charge in [-0.25, -0.2) is 8.42 Å². The first-order valence-corrected chi connectivity index (χ1v) is 7.24. The molecular weight excluding hydrogens is 260 g/mol. The van der Waals surface area contributed by atoms with Crippen LogP contribution in [0.1, 0.15) is 0 Å². The molecule has 17 heavy (non-hydrogen) atoms. The number of nitrogens with zero attached hydrogens (tertiary/aromatic N) is 2. The molecule has 0 saturated carbocycles. The molecule has 1 aromatic rings. The molecule has 0 aliphatic carbocycles. The smallest absolute Gasteiger partial charge is 0.153 e. The topological polar surface area (TPSA) is 40.6 Å². The van der Waals surface area contributed by atoms with Crippen molar-refractivity contribution in [3.63, 3.8) is 0 Å². The van der Waals surface area contributed by atoms with Crippen molar-refractivity contribution in [2.45, 2.75) is 0 Å². The zero-order chi connectivity index (χ0) is 12.3. The van der Waals surface area contributed by atoms with Crippen molar-refractivity contribution in [1.82, 2.24) is 4.90 Å². The Bertz CT molecular complexity index is 449. The molecule has 0 atom stereocenters. The Hall–Kier alpha value is -0.780. The number of halogens is 1. The van der Waals surface area contributed by atoms with Crippen LogP contribution < -0.4 is 4.90 Å². The molecule has 0 unspecified atom stereocenters. The van der Waals surface area contributed by atoms with Gasteiger partial charge in [-0.3, -0.25) is 4.90 Å². The van der Waals surface area contributed by atoms with Gasteiger partial charge in [0, 0.05) is 36.9 Å². The molecule has 94 valence electrons. The molecule has 1 aliphatic rings. The van der Waals surface area contributed by atoms with Gasteiger partial charge in [-0.05, 0) is 18.2 Å². The van der Waals surface area contributed by atoms with Crippen LogP contribution in [0.2, 0.25) is 5.02 Å². The van der Waals surface area contributed by atoms with E-state index in [0.717, 1.165) is 36.9 Å². The van der Waals surface area contributed by atoms with E-state index in [1.807, 2.05) is 29.2 Å². The van der Waals surface area contributed by atoms with Gasteiger partial charge in [-0.15, -0.1) is 0 Å². The van der Waals surface area contributed by atoms with Crippen molar-refractivity contribution >= 4 is 28.0 Å². The van der Waals surface area contributed by atoms with Crippen molar-refractivity contribution in [1.29, 1.82) is 0 Å². The van der Waals surface area contributed by atoms with E-state index in [4.69, 9.17) is 11.6 Å². The van der Waals surface area contributed by atoms with Crippen LogP contribution in [0.15, 0.2) is 24.3 Å². The fourth-order valence-electron chi connectivity index (χ4n) is 1.98. The van der Waals surface area contributed by atoms with Gasteiger partial charge in [0.1, 0.15) is 0 Å². The molecule has 6 heteroatoms. The van der Waals surface area contributed by atoms with Crippen molar-refractivity contribution in [2.24, 2.45) is 0 Å². The molecule has 2 rings (SSSR count). The van der Waals surface area contributed by atoms with E-state index in [2.05, 4.69) is 4.90 Å². The standard InChI is InChI=1S/C11H15ClN2O2S/c12-10-2-1-3-11(8-10)14-6-4-13(5-7-14)9-17(15)16/h1-3,8,17H,4-7,9H2. The van der Waals surface area contributed by atoms with Crippen LogP contribution in [-0.4, -0.2) is 45.4 Å². The predicted octanol–water partition coefficient (Wildman–Crippen LogP) is 1.03. The van der Waals surface area contributed by atoms with Crippen LogP contribution in [0, 0.1) is 0 Å². The second-order valence-electron chi connectivity index (χ2n) is 4.06. The molecule has 0 aromatic heterocycles. The minimum absolute atomic E-state index is 0.165. The third-order valence-electron chi connectivity index (χ3n) is 2.86. The monoisotopic (exact) mass is 274 g/mol. The summed E-state index contributed by atoms with van der Waals surface area (Å²) in [6.07, 6.45) is 0. The second-order valence-corrected chi connectivity index (χ2v) is 5.44. The Morgan fingerprint density at radius 1 is 1.18 bits per heavy atom. The highest BCUT2D eigenvalue weighted by atomic mass is 35.5. The van der Waals surface area contributed by atoms with E-state index >= 15 is 0 Å². The summed E-state index contributed by atoms with van der Waals surface area (Å²) in [5, 5.41) is 0.729. The molecule has 0 bridgehead atoms. The van der Waals surface area contributed by atoms with Crippen LogP contribution in [0.25, 0.3) is 0 Å². The molecule has 0 N–H and O–H groups in total. The van der Waals surface area contributed by atoms with Crippen LogP contribution in [-0.2, 0) is 10.7 Å². The first-order chi connectivity index (χ1) is 8.15. The Labute approximate surface area is 108 Å². The van der Waals surface area contributed by atoms with Gasteiger partial charge >= 0.3 is 0 Å². The lowest BCUT2D eigenvalue weighted by Gasteiger charge is -2.35. The zero-order valence-corrected chi connectivity index (χ0v) is 11.0. The molecule has 1 heterocycles. The summed E-state index contributed by atoms with van der Waals surface area (Å²) in [6.45, 7) is 3.22. The fraction of sp³-hybridized carbons (Fsp3) is 0.455. The lowest BCUT2D eigenvalue weighted by molar-refractivity contribution is 0.296. The number of piperazine rings is 1. The van der Waals surface area contributed by atoms with E-state index in [9.17, 15) is 8.42 Å². The number of thiol groups is 1. The van der Waals surface area contributed by atoms with Crippen LogP contribution >= 0.6 is 11.6 Å². The highest BCUT2D eigenvalue weighted by molar-refractivity contribution is 7.72. The van der Waals surface area contributed by atoms with Crippen LogP contribution in [0.5, 0.6) is 0 Å². The summed E-state index contributed by atoms with van der Waals surface area (Å²) in [6, 6.07) is 7.74. The zero-order valence-electron chi connectivity index (χ0n) is 9.38. The highest BCUT2D eigenvalue weighted by Crippen LogP contribution is 2.20. The van der Waals surface area contributed by atoms with Crippen molar-refractivity contribution < 1.29 is 8.42 Å². The normalized spacial score (nSPS) is 17.6. The maximum absolute atomic E-state index is 10.6. The Balaban J connectivity index is 1.95. The van der Waals surface area contributed by atoms with Crippen molar-refractivity contribution in [3.8, 4) is 0 Å². The number of anilines is 1. The molecule has 1 saturated heterocycles. The average Bonchev–Trinajstić information content (AvgIpc) is 2.29. The molecule has 1 fully saturated rings. The first kappa shape index (κ1) is 12.7. The number of benzene rings is 1. The molecule has 0 amide bonds. The van der Waals surface area contributed by atoms with Crippen LogP contribution in [0.3, 0.4) is 0 Å². The minimum atomic E-state index is -2.31. The summed E-state index contributed by atoms with van der Waals surface area (Å²) in [5.41, 5.74) is 1.10. The molecule has 1 aliphatic heterocycles. The first-order valence-electron chi connectivity index (χ1n) is 5.50. The van der Waals surface area contributed by atoms with Gasteiger partial charge in [0.2, 0.25) is 0 Å². The Morgan fingerprint density at radius 2 is 1.88 bits per heavy atom. The quantitative estimate of drug-likeness (QED) is 0.836. The van der Waals surface area contributed by atoms with Gasteiger partial charge < -0.3 is 4.90 Å². The summed E-state index contributed by atoms with van der Waals surface area (Å²) < 4.78 is 21.3. The van der Waals surface area contributed by atoms with E-state index < -0.39 is 10.7 Å². The van der Waals surface area contributed by atoms with Gasteiger partial charge in [0.05, 0.1) is 5.88 Å². The lowest BCUT2D eigenvalue weighted by atomic mass is 10.2. The number of hydrogen-bond donors (Lipinski definition) is 1. The van der Waals surface area contributed by atoms with Crippen molar-refractivity contribution in [3.05, 3.63) is 29.3 Å². The highest BCUT2D eigenvalue weighted by Gasteiger charge is 2.17. The second kappa shape index (κ2) is 5.71. The lowest BCUT2D eigenvalue weighted by Crippen LogP contribution is -2.46. The summed E-state index contributed by atoms with van der Waals surface area (Å²) in [4.78, 5) is 4.17. The average molecular weight is 275 g/mol. The maximum Gasteiger partial charge on any atom is 0.153 e. The third kappa shape index (κ3) is 3.59. The molecule has 1 aromatic carbocycles. The Morgan fingerprint density at radius 3 is 2.47 bits per heavy atom. The van der Waals surface area contributed by atoms with Gasteiger partial charge in [-0.1, -0.05) is 17.7 Å². The van der Waals surface area contributed by atoms with Crippen molar-refractivity contribution in [2.75, 3.05) is 37.0 Å². The van der Waals surface area contributed by atoms with Gasteiger partial charge in [0.25, 0.3) is 0 Å². The maximum atomic E-state index is 10.6. The molecule has 4 nitrogen and oxygen atoms in total. The fourth-order valence-corrected chi connectivity index (χ4v) is 2.78. The summed E-state index contributed by atoms with van der Waals surface area (Å²) in [7, 11) is -2.31. The van der Waals surface area contributed by atoms with E-state index in [1.54, 1.807) is 0 Å². The molecule has 0 radical (unpaired) electrons. The van der Waals surface area contributed by atoms with E-state index in [-0.39, 0.29) is 5.88 Å². The SMILES string of the molecule is O=[SH](=O)CN1CCN(c2cccc(Cl)c2)CC1. The molecule has 0 spiro atoms. The van der Waals surface area contributed by atoms with E-state index in [0.29, 0.717) is 0 Å². The summed E-state index contributed by atoms with van der Waals surface area (Å²) in [5.74, 6) is 0.165. The number of rotatable bonds is 3. The van der Waals surface area contributed by atoms with Gasteiger partial charge in [0.15, 0.2) is 10.7 Å². The van der Waals surface area contributed by atoms with E-state index in [1.165, 1.54) is 0 Å².